The average molecular weight is 387 g/mol. The molecular formula is C24H22FN3O. The summed E-state index contributed by atoms with van der Waals surface area (Å²) >= 11 is 0. The topological polar surface area (TPSA) is 49.0 Å². The van der Waals surface area contributed by atoms with Crippen LogP contribution in [0.5, 0.6) is 0 Å². The van der Waals surface area contributed by atoms with Gasteiger partial charge in [0.05, 0.1) is 11.4 Å². The van der Waals surface area contributed by atoms with Crippen LogP contribution in [0.4, 0.5) is 4.39 Å². The molecule has 0 saturated carbocycles. The van der Waals surface area contributed by atoms with Gasteiger partial charge in [0.2, 0.25) is 0 Å². The van der Waals surface area contributed by atoms with Gasteiger partial charge in [-0.05, 0) is 55.6 Å². The van der Waals surface area contributed by atoms with Crippen LogP contribution in [0, 0.1) is 5.82 Å². The molecule has 0 radical (unpaired) electrons. The van der Waals surface area contributed by atoms with Crippen molar-refractivity contribution < 1.29 is 9.18 Å². The van der Waals surface area contributed by atoms with Gasteiger partial charge < -0.3 is 9.88 Å². The molecule has 29 heavy (non-hydrogen) atoms. The van der Waals surface area contributed by atoms with Gasteiger partial charge in [0.25, 0.3) is 0 Å². The molecule has 1 aliphatic heterocycles. The van der Waals surface area contributed by atoms with Crippen LogP contribution in [0.3, 0.4) is 0 Å². The minimum atomic E-state index is -0.270. The quantitative estimate of drug-likeness (QED) is 0.683. The fourth-order valence-electron chi connectivity index (χ4n) is 5.62. The zero-order valence-corrected chi connectivity index (χ0v) is 16.4. The van der Waals surface area contributed by atoms with Gasteiger partial charge in [-0.15, -0.1) is 0 Å². The van der Waals surface area contributed by atoms with Gasteiger partial charge >= 0.3 is 0 Å². The number of likely N-dealkylation sites (tertiary alicyclic amines) is 1. The Bertz CT molecular complexity index is 1170. The second-order valence-corrected chi connectivity index (χ2v) is 8.81. The van der Waals surface area contributed by atoms with Gasteiger partial charge in [-0.1, -0.05) is 12.1 Å². The lowest BCUT2D eigenvalue weighted by Gasteiger charge is -2.50. The summed E-state index contributed by atoms with van der Waals surface area (Å²) in [4.78, 5) is 23.4. The van der Waals surface area contributed by atoms with Crippen LogP contribution in [-0.4, -0.2) is 40.8 Å². The molecule has 1 aromatic carbocycles. The molecule has 2 aromatic heterocycles. The molecule has 0 amide bonds. The van der Waals surface area contributed by atoms with Gasteiger partial charge in [0.1, 0.15) is 5.82 Å². The third-order valence-electron chi connectivity index (χ3n) is 6.94. The van der Waals surface area contributed by atoms with E-state index >= 15 is 0 Å². The molecule has 6 rings (SSSR count). The molecule has 3 heterocycles. The summed E-state index contributed by atoms with van der Waals surface area (Å²) in [6.07, 6.45) is 5.14. The van der Waals surface area contributed by atoms with Crippen molar-refractivity contribution in [2.75, 3.05) is 20.1 Å². The van der Waals surface area contributed by atoms with Crippen molar-refractivity contribution >= 4 is 5.78 Å². The summed E-state index contributed by atoms with van der Waals surface area (Å²) in [5.74, 6) is -0.00193. The number of fused-ring (bicyclic) bond motifs is 6. The van der Waals surface area contributed by atoms with Crippen molar-refractivity contribution in [3.05, 3.63) is 64.7 Å². The summed E-state index contributed by atoms with van der Waals surface area (Å²) < 4.78 is 14.3. The summed E-state index contributed by atoms with van der Waals surface area (Å²) in [6.45, 7) is 1.99. The van der Waals surface area contributed by atoms with E-state index in [9.17, 15) is 9.18 Å². The number of carbonyl (C=O) groups is 1. The van der Waals surface area contributed by atoms with Gasteiger partial charge in [-0.2, -0.15) is 0 Å². The van der Waals surface area contributed by atoms with Gasteiger partial charge in [-0.25, -0.2) is 4.39 Å². The average Bonchev–Trinajstić information content (AvgIpc) is 3.11. The van der Waals surface area contributed by atoms with E-state index in [2.05, 4.69) is 21.9 Å². The zero-order chi connectivity index (χ0) is 19.8. The first kappa shape index (κ1) is 17.1. The highest BCUT2D eigenvalue weighted by Crippen LogP contribution is 2.48. The number of Topliss-reactive ketones (excluding diaryl/α,β-unsaturated/α-hetero) is 1. The number of pyridine rings is 1. The lowest BCUT2D eigenvalue weighted by molar-refractivity contribution is 0.0656. The van der Waals surface area contributed by atoms with E-state index in [0.29, 0.717) is 17.7 Å². The number of nitrogens with one attached hydrogen (secondary N) is 1. The number of rotatable bonds is 1. The number of nitrogens with zero attached hydrogens (tertiary/aromatic N) is 2. The minimum absolute atomic E-state index is 0.0803. The number of carbonyl (C=O) groups excluding carboxylic acids is 1. The number of hydrogen-bond acceptors (Lipinski definition) is 3. The molecule has 0 bridgehead atoms. The number of aryl methyl sites for hydroxylation is 1. The van der Waals surface area contributed by atoms with Crippen LogP contribution >= 0.6 is 0 Å². The molecule has 4 nitrogen and oxygen atoms in total. The van der Waals surface area contributed by atoms with Gasteiger partial charge in [0, 0.05) is 53.5 Å². The molecule has 0 atom stereocenters. The summed E-state index contributed by atoms with van der Waals surface area (Å²) in [7, 11) is 2.13. The van der Waals surface area contributed by atoms with Crippen molar-refractivity contribution in [1.82, 2.24) is 14.9 Å². The largest absolute Gasteiger partial charge is 0.357 e. The van der Waals surface area contributed by atoms with E-state index in [4.69, 9.17) is 0 Å². The molecular weight excluding hydrogens is 365 g/mol. The standard InChI is InChI=1S/C24H22FN3O/c1-28-12-24(13-28)9-8-20(29)21-16-7-6-14-11-26-19(15-4-2-3-5-18(15)25)10-17(14)22(16)27-23(21)24/h2-5,10-11,27H,6-9,12-13H2,1H3. The van der Waals surface area contributed by atoms with E-state index in [1.54, 1.807) is 12.1 Å². The van der Waals surface area contributed by atoms with Crippen molar-refractivity contribution in [3.63, 3.8) is 0 Å². The van der Waals surface area contributed by atoms with Gasteiger partial charge in [0.15, 0.2) is 5.78 Å². The fourth-order valence-corrected chi connectivity index (χ4v) is 5.62. The van der Waals surface area contributed by atoms with Crippen LogP contribution in [0.25, 0.3) is 22.5 Å². The second-order valence-electron chi connectivity index (χ2n) is 8.81. The molecule has 2 aliphatic carbocycles. The van der Waals surface area contributed by atoms with E-state index in [-0.39, 0.29) is 17.0 Å². The number of halogens is 1. The molecule has 1 spiro atoms. The number of ketones is 1. The van der Waals surface area contributed by atoms with E-state index in [1.165, 1.54) is 6.07 Å². The van der Waals surface area contributed by atoms with Crippen LogP contribution in [-0.2, 0) is 18.3 Å². The fraction of sp³-hybridized carbons (Fsp3) is 0.333. The van der Waals surface area contributed by atoms with E-state index in [1.807, 2.05) is 18.3 Å². The normalized spacial score (nSPS) is 19.4. The lowest BCUT2D eigenvalue weighted by atomic mass is 9.67. The number of H-pyrrole nitrogens is 1. The summed E-state index contributed by atoms with van der Waals surface area (Å²) in [6, 6.07) is 8.72. The maximum atomic E-state index is 14.3. The van der Waals surface area contributed by atoms with Crippen molar-refractivity contribution in [2.24, 2.45) is 0 Å². The molecule has 1 N–H and O–H groups in total. The molecule has 5 heteroatoms. The first-order valence-electron chi connectivity index (χ1n) is 10.3. The molecule has 1 fully saturated rings. The Labute approximate surface area is 168 Å². The van der Waals surface area contributed by atoms with Crippen LogP contribution in [0.2, 0.25) is 0 Å². The molecule has 3 aromatic rings. The number of aromatic amines is 1. The Hall–Kier alpha value is -2.79. The van der Waals surface area contributed by atoms with E-state index < -0.39 is 0 Å². The number of aromatic nitrogens is 2. The Balaban J connectivity index is 1.53. The second kappa shape index (κ2) is 5.86. The minimum Gasteiger partial charge on any atom is -0.357 e. The maximum Gasteiger partial charge on any atom is 0.165 e. The van der Waals surface area contributed by atoms with Crippen molar-refractivity contribution in [1.29, 1.82) is 0 Å². The van der Waals surface area contributed by atoms with Gasteiger partial charge in [-0.3, -0.25) is 9.78 Å². The third-order valence-corrected chi connectivity index (χ3v) is 6.94. The summed E-state index contributed by atoms with van der Waals surface area (Å²) in [5.41, 5.74) is 7.70. The molecule has 0 unspecified atom stereocenters. The molecule has 1 saturated heterocycles. The maximum absolute atomic E-state index is 14.3. The van der Waals surface area contributed by atoms with Crippen LogP contribution < -0.4 is 0 Å². The third kappa shape index (κ3) is 2.34. The zero-order valence-electron chi connectivity index (χ0n) is 16.4. The molecule has 3 aliphatic rings. The molecule has 146 valence electrons. The smallest absolute Gasteiger partial charge is 0.165 e. The van der Waals surface area contributed by atoms with Crippen molar-refractivity contribution in [2.45, 2.75) is 31.1 Å². The van der Waals surface area contributed by atoms with Crippen LogP contribution in [0.1, 0.15) is 40.0 Å². The Morgan fingerprint density at radius 1 is 1.14 bits per heavy atom. The summed E-state index contributed by atoms with van der Waals surface area (Å²) in [5, 5.41) is 0. The van der Waals surface area contributed by atoms with Crippen molar-refractivity contribution in [3.8, 4) is 22.5 Å². The number of benzene rings is 1. The lowest BCUT2D eigenvalue weighted by Crippen LogP contribution is -2.59. The highest BCUT2D eigenvalue weighted by Gasteiger charge is 2.49. The van der Waals surface area contributed by atoms with Crippen LogP contribution in [0.15, 0.2) is 36.5 Å². The Kier molecular flexibility index (Phi) is 3.46. The Morgan fingerprint density at radius 2 is 1.97 bits per heavy atom. The predicted octanol–water partition coefficient (Wildman–Crippen LogP) is 4.14. The number of likely N-dealkylation sites (N-methyl/N-ethyl adjacent to an activating group) is 1. The monoisotopic (exact) mass is 387 g/mol. The predicted molar refractivity (Wildman–Crippen MR) is 110 cm³/mol. The number of hydrogen-bond donors (Lipinski definition) is 1. The first-order chi connectivity index (χ1) is 14.1. The highest BCUT2D eigenvalue weighted by molar-refractivity contribution is 6.02. The van der Waals surface area contributed by atoms with E-state index in [0.717, 1.165) is 66.0 Å². The SMILES string of the molecule is CN1CC2(CCC(=O)c3c2[nH]c2c3CCc3cnc(-c4ccccc4F)cc3-2)C1. The first-order valence-corrected chi connectivity index (χ1v) is 10.3. The highest BCUT2D eigenvalue weighted by atomic mass is 19.1. The Morgan fingerprint density at radius 3 is 2.76 bits per heavy atom.